The van der Waals surface area contributed by atoms with Crippen molar-refractivity contribution < 1.29 is 5.21 Å². The van der Waals surface area contributed by atoms with Gasteiger partial charge in [-0.3, -0.25) is 0 Å². The van der Waals surface area contributed by atoms with Crippen molar-refractivity contribution in [1.82, 2.24) is 9.97 Å². The third-order valence-electron chi connectivity index (χ3n) is 2.26. The van der Waals surface area contributed by atoms with Crippen LogP contribution < -0.4 is 0 Å². The number of nitrogens with zero attached hydrogens (tertiary/aromatic N) is 3. The highest BCUT2D eigenvalue weighted by Gasteiger charge is 2.03. The van der Waals surface area contributed by atoms with Crippen molar-refractivity contribution in [3.63, 3.8) is 0 Å². The Balaban J connectivity index is 2.44. The number of benzene rings is 1. The molecule has 0 unspecified atom stereocenters. The van der Waals surface area contributed by atoms with E-state index in [1.165, 1.54) is 6.33 Å². The summed E-state index contributed by atoms with van der Waals surface area (Å²) in [4.78, 5) is 8.21. The van der Waals surface area contributed by atoms with Gasteiger partial charge in [0.25, 0.3) is 0 Å². The highest BCUT2D eigenvalue weighted by atomic mass is 16.4. The number of hydrogen-bond donors (Lipinski definition) is 1. The fraction of sp³-hybridized carbons (Fsp3) is 0.0833. The lowest BCUT2D eigenvalue weighted by molar-refractivity contribution is 0.319. The second kappa shape index (κ2) is 4.53. The van der Waals surface area contributed by atoms with E-state index in [4.69, 9.17) is 5.21 Å². The smallest absolute Gasteiger partial charge is 0.116 e. The molecular formula is C12H11N3O. The summed E-state index contributed by atoms with van der Waals surface area (Å²) in [6, 6.07) is 11.6. The highest BCUT2D eigenvalue weighted by Crippen LogP contribution is 2.16. The average Bonchev–Trinajstić information content (AvgIpc) is 2.39. The molecule has 1 aromatic heterocycles. The Bertz CT molecular complexity index is 509. The van der Waals surface area contributed by atoms with Crippen molar-refractivity contribution in [1.29, 1.82) is 0 Å². The molecule has 0 aliphatic heterocycles. The van der Waals surface area contributed by atoms with Crippen molar-refractivity contribution in [2.24, 2.45) is 5.16 Å². The van der Waals surface area contributed by atoms with E-state index in [0.29, 0.717) is 11.4 Å². The lowest BCUT2D eigenvalue weighted by atomic mass is 10.1. The van der Waals surface area contributed by atoms with Crippen molar-refractivity contribution in [2.45, 2.75) is 6.92 Å². The first-order valence-electron chi connectivity index (χ1n) is 4.88. The first-order valence-corrected chi connectivity index (χ1v) is 4.88. The minimum Gasteiger partial charge on any atom is -0.411 e. The number of aromatic nitrogens is 2. The normalized spacial score (nSPS) is 11.4. The quantitative estimate of drug-likeness (QED) is 0.473. The molecule has 80 valence electrons. The van der Waals surface area contributed by atoms with Crippen LogP contribution in [-0.2, 0) is 0 Å². The number of hydrogen-bond acceptors (Lipinski definition) is 4. The third kappa shape index (κ3) is 2.06. The molecule has 0 amide bonds. The van der Waals surface area contributed by atoms with Crippen LogP contribution in [0.25, 0.3) is 11.3 Å². The maximum absolute atomic E-state index is 8.68. The van der Waals surface area contributed by atoms with Crippen LogP contribution in [0.1, 0.15) is 12.6 Å². The van der Waals surface area contributed by atoms with Gasteiger partial charge in [-0.2, -0.15) is 0 Å². The minimum absolute atomic E-state index is 0.472. The van der Waals surface area contributed by atoms with E-state index in [9.17, 15) is 0 Å². The van der Waals surface area contributed by atoms with Crippen LogP contribution in [0, 0.1) is 0 Å². The van der Waals surface area contributed by atoms with E-state index in [2.05, 4.69) is 15.1 Å². The molecule has 2 rings (SSSR count). The van der Waals surface area contributed by atoms with Gasteiger partial charge < -0.3 is 5.21 Å². The van der Waals surface area contributed by atoms with E-state index in [0.717, 1.165) is 11.3 Å². The third-order valence-corrected chi connectivity index (χ3v) is 2.26. The average molecular weight is 213 g/mol. The zero-order chi connectivity index (χ0) is 11.4. The molecule has 16 heavy (non-hydrogen) atoms. The highest BCUT2D eigenvalue weighted by molar-refractivity contribution is 5.97. The van der Waals surface area contributed by atoms with Gasteiger partial charge in [-0.25, -0.2) is 9.97 Å². The largest absolute Gasteiger partial charge is 0.411 e. The molecule has 0 saturated carbocycles. The molecule has 0 radical (unpaired) electrons. The second-order valence-corrected chi connectivity index (χ2v) is 3.34. The van der Waals surface area contributed by atoms with E-state index >= 15 is 0 Å². The maximum atomic E-state index is 8.68. The van der Waals surface area contributed by atoms with Gasteiger partial charge in [0.2, 0.25) is 0 Å². The Morgan fingerprint density at radius 1 is 1.19 bits per heavy atom. The Morgan fingerprint density at radius 3 is 2.62 bits per heavy atom. The molecule has 0 bridgehead atoms. The summed E-state index contributed by atoms with van der Waals surface area (Å²) >= 11 is 0. The van der Waals surface area contributed by atoms with Crippen molar-refractivity contribution in [3.8, 4) is 11.3 Å². The topological polar surface area (TPSA) is 58.4 Å². The Kier molecular flexibility index (Phi) is 2.91. The molecule has 1 aromatic carbocycles. The molecule has 0 atom stereocenters. The SMILES string of the molecule is CC(=NO)c1cc(-c2ccccc2)ncn1. The first kappa shape index (κ1) is 10.3. The zero-order valence-electron chi connectivity index (χ0n) is 8.83. The Labute approximate surface area is 93.3 Å². The summed E-state index contributed by atoms with van der Waals surface area (Å²) in [5.74, 6) is 0. The molecule has 0 saturated heterocycles. The second-order valence-electron chi connectivity index (χ2n) is 3.34. The molecule has 0 aliphatic carbocycles. The predicted octanol–water partition coefficient (Wildman–Crippen LogP) is 2.34. The van der Waals surface area contributed by atoms with Gasteiger partial charge in [0.1, 0.15) is 12.0 Å². The standard InChI is InChI=1S/C12H11N3O/c1-9(15-16)11-7-12(14-8-13-11)10-5-3-2-4-6-10/h2-8,16H,1H3. The number of oxime groups is 1. The van der Waals surface area contributed by atoms with E-state index in [1.54, 1.807) is 13.0 Å². The van der Waals surface area contributed by atoms with Gasteiger partial charge in [-0.1, -0.05) is 35.5 Å². The van der Waals surface area contributed by atoms with Crippen LogP contribution in [0.5, 0.6) is 0 Å². The van der Waals surface area contributed by atoms with Gasteiger partial charge in [0.05, 0.1) is 11.4 Å². The maximum Gasteiger partial charge on any atom is 0.116 e. The predicted molar refractivity (Wildman–Crippen MR) is 61.5 cm³/mol. The van der Waals surface area contributed by atoms with Gasteiger partial charge in [-0.15, -0.1) is 0 Å². The van der Waals surface area contributed by atoms with Crippen LogP contribution in [-0.4, -0.2) is 20.9 Å². The van der Waals surface area contributed by atoms with Crippen molar-refractivity contribution >= 4 is 5.71 Å². The summed E-state index contributed by atoms with van der Waals surface area (Å²) in [6.45, 7) is 1.69. The van der Waals surface area contributed by atoms with Gasteiger partial charge >= 0.3 is 0 Å². The lowest BCUT2D eigenvalue weighted by Gasteiger charge is -2.02. The number of rotatable bonds is 2. The van der Waals surface area contributed by atoms with Crippen molar-refractivity contribution in [2.75, 3.05) is 0 Å². The Morgan fingerprint density at radius 2 is 1.94 bits per heavy atom. The fourth-order valence-electron chi connectivity index (χ4n) is 1.37. The summed E-state index contributed by atoms with van der Waals surface area (Å²) < 4.78 is 0. The van der Waals surface area contributed by atoms with E-state index < -0.39 is 0 Å². The summed E-state index contributed by atoms with van der Waals surface area (Å²) in [5, 5.41) is 11.8. The van der Waals surface area contributed by atoms with Crippen LogP contribution in [0.15, 0.2) is 47.9 Å². The van der Waals surface area contributed by atoms with E-state index in [-0.39, 0.29) is 0 Å². The molecular weight excluding hydrogens is 202 g/mol. The van der Waals surface area contributed by atoms with Crippen molar-refractivity contribution in [3.05, 3.63) is 48.4 Å². The van der Waals surface area contributed by atoms with Gasteiger partial charge in [0.15, 0.2) is 0 Å². The molecule has 4 heteroatoms. The Hall–Kier alpha value is -2.23. The lowest BCUT2D eigenvalue weighted by Crippen LogP contribution is -1.99. The molecule has 0 spiro atoms. The van der Waals surface area contributed by atoms with Crippen LogP contribution in [0.2, 0.25) is 0 Å². The molecule has 4 nitrogen and oxygen atoms in total. The summed E-state index contributed by atoms with van der Waals surface area (Å²) in [6.07, 6.45) is 1.46. The van der Waals surface area contributed by atoms with Gasteiger partial charge in [-0.05, 0) is 13.0 Å². The molecule has 0 fully saturated rings. The molecule has 0 aliphatic rings. The fourth-order valence-corrected chi connectivity index (χ4v) is 1.37. The summed E-state index contributed by atoms with van der Waals surface area (Å²) in [7, 11) is 0. The molecule has 1 heterocycles. The summed E-state index contributed by atoms with van der Waals surface area (Å²) in [5.41, 5.74) is 2.92. The molecule has 1 N–H and O–H groups in total. The van der Waals surface area contributed by atoms with Crippen LogP contribution >= 0.6 is 0 Å². The first-order chi connectivity index (χ1) is 7.81. The monoisotopic (exact) mass is 213 g/mol. The molecule has 2 aromatic rings. The van der Waals surface area contributed by atoms with Gasteiger partial charge in [0, 0.05) is 5.56 Å². The minimum atomic E-state index is 0.472. The zero-order valence-corrected chi connectivity index (χ0v) is 8.83. The van der Waals surface area contributed by atoms with Crippen LogP contribution in [0.4, 0.5) is 0 Å². The van der Waals surface area contributed by atoms with Crippen LogP contribution in [0.3, 0.4) is 0 Å². The van der Waals surface area contributed by atoms with E-state index in [1.807, 2.05) is 30.3 Å².